The predicted molar refractivity (Wildman–Crippen MR) is 377 cm³/mol. The van der Waals surface area contributed by atoms with E-state index in [1.807, 2.05) is 5.32 Å². The van der Waals surface area contributed by atoms with Gasteiger partial charge in [-0.2, -0.15) is 0 Å². The van der Waals surface area contributed by atoms with Gasteiger partial charge >= 0.3 is 11.9 Å². The standard InChI is InChI=1S/C64H96N22O25/c1-33(64(110)111)78-61(107)43(31-89)81-53(98)28-73-50(95)25-76-57(103)42(30-88)80-52(97)27-72-47(92)22-70-49(94)24-75-56(102)41(29-87)79-51(96)26-71-46(91)21-69-48(93)23-74-55(101)37(10-5-6-16-65)82-58(104)39(13-15-54(99)100)83-60(106)40(18-34-8-3-2-4-9-34)85-59(105)38(12-14-45(67)90)84-62(108)44-11-7-17-86(44)63(109)36(66)19-35-20-68-32-77-35/h2-4,8-9,20,32-33,36-44,87-89H,5-7,10-19,21-31,65-66H2,1H3,(H2,67,90)(H,68,77)(H,69,93)(H,70,94)(H,71,91)(H,72,92)(H,73,95)(H,74,101)(H,75,102)(H,76,103)(H,78,107)(H,79,96)(H,80,97)(H,81,98)(H,82,104)(H,83,106)(H,84,108)(H,85,105)(H,99,100)(H,110,111)/t33-,36-,37-,38-,39-,40-,41-,42-,43-,44-/m0/s1. The van der Waals surface area contributed by atoms with Crippen molar-refractivity contribution in [3.05, 3.63) is 54.1 Å². The summed E-state index contributed by atoms with van der Waals surface area (Å²) in [6, 6.07) is -6.61. The predicted octanol–water partition coefficient (Wildman–Crippen LogP) is -14.3. The van der Waals surface area contributed by atoms with E-state index >= 15 is 0 Å². The number of aliphatic carboxylic acids is 2. The van der Waals surface area contributed by atoms with Crippen molar-refractivity contribution in [2.24, 2.45) is 17.2 Å². The number of carboxylic acids is 2. The first-order valence-electron chi connectivity index (χ1n) is 34.6. The summed E-state index contributed by atoms with van der Waals surface area (Å²) in [5.74, 6) is -20.3. The van der Waals surface area contributed by atoms with Crippen LogP contribution in [0.25, 0.3) is 0 Å². The molecule has 1 aromatic heterocycles. The number of carboxylic acid groups (broad SMARTS) is 2. The largest absolute Gasteiger partial charge is 0.481 e. The first-order chi connectivity index (χ1) is 52.7. The molecule has 0 radical (unpaired) electrons. The zero-order chi connectivity index (χ0) is 82.7. The highest BCUT2D eigenvalue weighted by atomic mass is 16.4. The Bertz CT molecular complexity index is 3590. The first-order valence-corrected chi connectivity index (χ1v) is 34.6. The van der Waals surface area contributed by atoms with Gasteiger partial charge in [-0.05, 0) is 64.0 Å². The van der Waals surface area contributed by atoms with E-state index in [4.69, 9.17) is 22.3 Å². The number of benzene rings is 1. The number of nitrogens with zero attached hydrogens (tertiary/aromatic N) is 2. The van der Waals surface area contributed by atoms with Crippen molar-refractivity contribution in [1.29, 1.82) is 0 Å². The molecule has 1 saturated heterocycles. The number of H-pyrrole nitrogens is 1. The van der Waals surface area contributed by atoms with Crippen LogP contribution < -0.4 is 102 Å². The lowest BCUT2D eigenvalue weighted by Crippen LogP contribution is -2.60. The molecule has 1 fully saturated rings. The summed E-state index contributed by atoms with van der Waals surface area (Å²) in [5, 5.41) is 82.7. The van der Waals surface area contributed by atoms with Crippen LogP contribution in [0.2, 0.25) is 0 Å². The quantitative estimate of drug-likeness (QED) is 0.0274. The zero-order valence-corrected chi connectivity index (χ0v) is 60.3. The van der Waals surface area contributed by atoms with Gasteiger partial charge in [0.15, 0.2) is 0 Å². The Hall–Kier alpha value is -12.4. The van der Waals surface area contributed by atoms with E-state index in [0.29, 0.717) is 24.1 Å². The number of carbonyl (C=O) groups is 20. The lowest BCUT2D eigenvalue weighted by atomic mass is 10.0. The number of hydrogen-bond donors (Lipinski definition) is 25. The molecule has 0 bridgehead atoms. The van der Waals surface area contributed by atoms with Gasteiger partial charge in [-0.25, -0.2) is 4.98 Å². The molecule has 612 valence electrons. The van der Waals surface area contributed by atoms with Crippen molar-refractivity contribution in [3.63, 3.8) is 0 Å². The van der Waals surface area contributed by atoms with Crippen molar-refractivity contribution >= 4 is 118 Å². The normalized spacial score (nSPS) is 14.5. The summed E-state index contributed by atoms with van der Waals surface area (Å²) in [5.41, 5.74) is 18.3. The number of aromatic nitrogens is 2. The molecule has 2 heterocycles. The Balaban J connectivity index is 1.49. The number of nitrogens with one attached hydrogen (secondary N) is 17. The minimum absolute atomic E-state index is 0.0515. The maximum Gasteiger partial charge on any atom is 0.325 e. The summed E-state index contributed by atoms with van der Waals surface area (Å²) in [6.45, 7) is -7.97. The van der Waals surface area contributed by atoms with E-state index in [0.717, 1.165) is 6.92 Å². The minimum atomic E-state index is -1.71. The first kappa shape index (κ1) is 92.8. The number of aliphatic hydroxyl groups excluding tert-OH is 3. The lowest BCUT2D eigenvalue weighted by Gasteiger charge is -2.29. The zero-order valence-electron chi connectivity index (χ0n) is 60.3. The molecular weight excluding hydrogens is 1480 g/mol. The summed E-state index contributed by atoms with van der Waals surface area (Å²) in [4.78, 5) is 264. The molecule has 1 aliphatic rings. The van der Waals surface area contributed by atoms with Gasteiger partial charge in [0.1, 0.15) is 54.4 Å². The van der Waals surface area contributed by atoms with Gasteiger partial charge in [-0.1, -0.05) is 30.3 Å². The molecule has 18 amide bonds. The summed E-state index contributed by atoms with van der Waals surface area (Å²) in [7, 11) is 0. The summed E-state index contributed by atoms with van der Waals surface area (Å²) >= 11 is 0. The molecule has 0 unspecified atom stereocenters. The van der Waals surface area contributed by atoms with Gasteiger partial charge in [0.05, 0.1) is 90.2 Å². The monoisotopic (exact) mass is 1570 g/mol. The van der Waals surface area contributed by atoms with Crippen LogP contribution in [0.5, 0.6) is 0 Å². The minimum Gasteiger partial charge on any atom is -0.481 e. The highest BCUT2D eigenvalue weighted by Crippen LogP contribution is 2.20. The van der Waals surface area contributed by atoms with Crippen LogP contribution >= 0.6 is 0 Å². The van der Waals surface area contributed by atoms with Crippen LogP contribution in [0.3, 0.4) is 0 Å². The maximum absolute atomic E-state index is 14.4. The number of carbonyl (C=O) groups excluding carboxylic acids is 18. The fraction of sp³-hybridized carbons (Fsp3) is 0.547. The second-order valence-corrected chi connectivity index (χ2v) is 24.7. The number of aliphatic hydroxyl groups is 3. The number of aromatic amines is 1. The second kappa shape index (κ2) is 49.6. The van der Waals surface area contributed by atoms with Crippen LogP contribution in [0, 0.1) is 0 Å². The Labute approximate surface area is 632 Å². The summed E-state index contributed by atoms with van der Waals surface area (Å²) in [6.07, 6.45) is 1.70. The van der Waals surface area contributed by atoms with Gasteiger partial charge in [-0.3, -0.25) is 95.9 Å². The topological polar surface area (TPSA) is 745 Å². The molecule has 0 spiro atoms. The second-order valence-electron chi connectivity index (χ2n) is 24.7. The summed E-state index contributed by atoms with van der Waals surface area (Å²) < 4.78 is 0. The van der Waals surface area contributed by atoms with Crippen molar-refractivity contribution in [2.45, 2.75) is 138 Å². The van der Waals surface area contributed by atoms with Crippen molar-refractivity contribution in [1.82, 2.24) is 99.9 Å². The van der Waals surface area contributed by atoms with Crippen LogP contribution in [0.1, 0.15) is 76.0 Å². The van der Waals surface area contributed by atoms with E-state index in [-0.39, 0.29) is 51.6 Å². The molecule has 47 heteroatoms. The molecule has 47 nitrogen and oxygen atoms in total. The molecule has 0 aliphatic carbocycles. The number of hydrogen-bond acceptors (Lipinski definition) is 26. The van der Waals surface area contributed by atoms with Crippen LogP contribution in [-0.2, 0) is 109 Å². The van der Waals surface area contributed by atoms with Crippen molar-refractivity contribution in [2.75, 3.05) is 85.3 Å². The number of rotatable bonds is 51. The number of nitrogens with two attached hydrogens (primary N) is 3. The Kier molecular flexibility index (Phi) is 41.4. The number of amides is 18. The van der Waals surface area contributed by atoms with E-state index in [1.54, 1.807) is 36.5 Å². The molecule has 1 aliphatic heterocycles. The van der Waals surface area contributed by atoms with E-state index in [9.17, 15) is 116 Å². The third kappa shape index (κ3) is 35.9. The van der Waals surface area contributed by atoms with Crippen molar-refractivity contribution in [3.8, 4) is 0 Å². The van der Waals surface area contributed by atoms with Crippen molar-refractivity contribution < 1.29 is 121 Å². The van der Waals surface area contributed by atoms with Gasteiger partial charge in [0, 0.05) is 38.4 Å². The number of likely N-dealkylation sites (tertiary alicyclic amines) is 1. The van der Waals surface area contributed by atoms with Crippen LogP contribution in [0.15, 0.2) is 42.9 Å². The fourth-order valence-corrected chi connectivity index (χ4v) is 10.0. The smallest absolute Gasteiger partial charge is 0.325 e. The third-order valence-corrected chi connectivity index (χ3v) is 16.0. The number of unbranched alkanes of at least 4 members (excludes halogenated alkanes) is 1. The van der Waals surface area contributed by atoms with Gasteiger partial charge in [0.25, 0.3) is 0 Å². The molecule has 2 aromatic rings. The molecule has 3 rings (SSSR count). The van der Waals surface area contributed by atoms with Crippen LogP contribution in [-0.4, -0.2) is 304 Å². The Morgan fingerprint density at radius 1 is 0.486 bits per heavy atom. The Morgan fingerprint density at radius 2 is 0.892 bits per heavy atom. The molecule has 10 atom stereocenters. The molecule has 1 aromatic carbocycles. The van der Waals surface area contributed by atoms with E-state index in [1.165, 1.54) is 11.2 Å². The van der Waals surface area contributed by atoms with Crippen LogP contribution in [0.4, 0.5) is 0 Å². The molecule has 111 heavy (non-hydrogen) atoms. The highest BCUT2D eigenvalue weighted by Gasteiger charge is 2.39. The molecule has 0 saturated carbocycles. The lowest BCUT2D eigenvalue weighted by molar-refractivity contribution is -0.142. The van der Waals surface area contributed by atoms with E-state index < -0.39 is 270 Å². The molecular formula is C64H96N22O25. The maximum atomic E-state index is 14.4. The average Bonchev–Trinajstić information content (AvgIpc) is 1.73. The number of imidazole rings is 1. The highest BCUT2D eigenvalue weighted by molar-refractivity contribution is 6.00. The average molecular weight is 1570 g/mol. The third-order valence-electron chi connectivity index (χ3n) is 16.0. The van der Waals surface area contributed by atoms with E-state index in [2.05, 4.69) is 89.7 Å². The Morgan fingerprint density at radius 3 is 1.32 bits per heavy atom. The SMILES string of the molecule is C[C@H](NC(=O)[C@H](CO)NC(=O)CNC(=O)CNC(=O)[C@H](CO)NC(=O)CNC(=O)CNC(=O)CNC(=O)[C@H](CO)NC(=O)CNC(=O)CNC(=O)CNC(=O)[C@H](CCCCN)NC(=O)[C@H](CCC(=O)O)NC(=O)[C@H](Cc1ccccc1)NC(=O)[C@H](CCC(N)=O)NC(=O)[C@@H]1CCCN1C(=O)[C@@H](N)Cc1c[nH]cn1)C(=O)O. The fourth-order valence-electron chi connectivity index (χ4n) is 10.0. The number of primary amides is 1. The van der Waals surface area contributed by atoms with Gasteiger partial charge < -0.3 is 138 Å². The van der Waals surface area contributed by atoms with Gasteiger partial charge in [-0.15, -0.1) is 0 Å². The molecule has 28 N–H and O–H groups in total. The van der Waals surface area contributed by atoms with Gasteiger partial charge in [0.2, 0.25) is 106 Å².